The van der Waals surface area contributed by atoms with Gasteiger partial charge in [-0.2, -0.15) is 0 Å². The highest BCUT2D eigenvalue weighted by molar-refractivity contribution is 5.98. The molecular formula is C23H24FN3O3. The SMILES string of the molecule is CC1=C(C(=O)N2CCOCC2)C(c2cccc(F)c2)NC(=O)N1Cc1ccccc1. The van der Waals surface area contributed by atoms with Crippen molar-refractivity contribution in [2.75, 3.05) is 26.3 Å². The minimum Gasteiger partial charge on any atom is -0.378 e. The second kappa shape index (κ2) is 8.67. The molecule has 2 aromatic rings. The molecule has 1 N–H and O–H groups in total. The Kier molecular flexibility index (Phi) is 5.81. The summed E-state index contributed by atoms with van der Waals surface area (Å²) in [5.74, 6) is -0.576. The van der Waals surface area contributed by atoms with Gasteiger partial charge in [0.25, 0.3) is 5.91 Å². The number of nitrogens with zero attached hydrogens (tertiary/aromatic N) is 2. The van der Waals surface area contributed by atoms with Gasteiger partial charge in [0, 0.05) is 18.8 Å². The lowest BCUT2D eigenvalue weighted by molar-refractivity contribution is -0.131. The van der Waals surface area contributed by atoms with E-state index in [1.165, 1.54) is 12.1 Å². The Morgan fingerprint density at radius 2 is 1.87 bits per heavy atom. The maximum absolute atomic E-state index is 13.9. The number of carbonyl (C=O) groups excluding carboxylic acids is 2. The van der Waals surface area contributed by atoms with E-state index in [0.29, 0.717) is 49.7 Å². The number of hydrogen-bond donors (Lipinski definition) is 1. The molecule has 0 radical (unpaired) electrons. The van der Waals surface area contributed by atoms with Gasteiger partial charge in [-0.15, -0.1) is 0 Å². The number of ether oxygens (including phenoxy) is 1. The third-order valence-corrected chi connectivity index (χ3v) is 5.49. The normalized spacial score (nSPS) is 19.7. The van der Waals surface area contributed by atoms with Gasteiger partial charge in [-0.05, 0) is 30.2 Å². The van der Waals surface area contributed by atoms with Crippen molar-refractivity contribution in [2.45, 2.75) is 19.5 Å². The zero-order chi connectivity index (χ0) is 21.1. The van der Waals surface area contributed by atoms with E-state index in [2.05, 4.69) is 5.32 Å². The highest BCUT2D eigenvalue weighted by atomic mass is 19.1. The van der Waals surface area contributed by atoms with E-state index in [1.54, 1.807) is 28.9 Å². The standard InChI is InChI=1S/C23H24FN3O3/c1-16-20(22(28)26-10-12-30-13-11-26)21(18-8-5-9-19(24)14-18)25-23(29)27(16)15-17-6-3-2-4-7-17/h2-9,14,21H,10-13,15H2,1H3,(H,25,29). The van der Waals surface area contributed by atoms with E-state index in [-0.39, 0.29) is 11.9 Å². The largest absolute Gasteiger partial charge is 0.378 e. The van der Waals surface area contributed by atoms with E-state index in [0.717, 1.165) is 5.56 Å². The molecule has 0 aromatic heterocycles. The number of allylic oxidation sites excluding steroid dienone is 1. The number of morpholine rings is 1. The van der Waals surface area contributed by atoms with Crippen LogP contribution in [0.4, 0.5) is 9.18 Å². The highest BCUT2D eigenvalue weighted by Gasteiger charge is 2.37. The van der Waals surface area contributed by atoms with Crippen molar-refractivity contribution in [3.63, 3.8) is 0 Å². The number of rotatable bonds is 4. The molecule has 0 bridgehead atoms. The van der Waals surface area contributed by atoms with Crippen LogP contribution in [0.1, 0.15) is 24.1 Å². The number of benzene rings is 2. The van der Waals surface area contributed by atoms with Gasteiger partial charge < -0.3 is 15.0 Å². The second-order valence-electron chi connectivity index (χ2n) is 7.41. The van der Waals surface area contributed by atoms with Crippen molar-refractivity contribution < 1.29 is 18.7 Å². The Hall–Kier alpha value is -3.19. The van der Waals surface area contributed by atoms with E-state index in [9.17, 15) is 14.0 Å². The molecular weight excluding hydrogens is 385 g/mol. The van der Waals surface area contributed by atoms with Gasteiger partial charge in [0.05, 0.1) is 31.4 Å². The summed E-state index contributed by atoms with van der Waals surface area (Å²) in [5.41, 5.74) is 2.53. The van der Waals surface area contributed by atoms with E-state index in [1.807, 2.05) is 30.3 Å². The number of halogens is 1. The molecule has 7 heteroatoms. The highest BCUT2D eigenvalue weighted by Crippen LogP contribution is 2.33. The molecule has 6 nitrogen and oxygen atoms in total. The Balaban J connectivity index is 1.75. The molecule has 2 aliphatic heterocycles. The van der Waals surface area contributed by atoms with Crippen LogP contribution in [0, 0.1) is 5.82 Å². The van der Waals surface area contributed by atoms with E-state index < -0.39 is 11.9 Å². The molecule has 2 heterocycles. The van der Waals surface area contributed by atoms with E-state index in [4.69, 9.17) is 4.74 Å². The summed E-state index contributed by atoms with van der Waals surface area (Å²) in [6, 6.07) is 14.6. The maximum atomic E-state index is 13.9. The Bertz CT molecular complexity index is 971. The summed E-state index contributed by atoms with van der Waals surface area (Å²) in [5, 5.41) is 2.91. The molecule has 30 heavy (non-hydrogen) atoms. The zero-order valence-corrected chi connectivity index (χ0v) is 16.8. The number of carbonyl (C=O) groups is 2. The molecule has 0 saturated carbocycles. The average molecular weight is 409 g/mol. The van der Waals surface area contributed by atoms with Crippen LogP contribution in [0.2, 0.25) is 0 Å². The minimum atomic E-state index is -0.712. The summed E-state index contributed by atoms with van der Waals surface area (Å²) in [4.78, 5) is 29.7. The van der Waals surface area contributed by atoms with Gasteiger partial charge in [-0.25, -0.2) is 9.18 Å². The maximum Gasteiger partial charge on any atom is 0.322 e. The van der Waals surface area contributed by atoms with Gasteiger partial charge in [-0.3, -0.25) is 9.69 Å². The molecule has 1 atom stereocenters. The molecule has 1 saturated heterocycles. The average Bonchev–Trinajstić information content (AvgIpc) is 2.77. The van der Waals surface area contributed by atoms with Gasteiger partial charge in [0.1, 0.15) is 5.82 Å². The first-order valence-electron chi connectivity index (χ1n) is 10.00. The lowest BCUT2D eigenvalue weighted by Crippen LogP contribution is -2.51. The number of urea groups is 1. The zero-order valence-electron chi connectivity index (χ0n) is 16.8. The topological polar surface area (TPSA) is 61.9 Å². The van der Waals surface area contributed by atoms with Gasteiger partial charge >= 0.3 is 6.03 Å². The minimum absolute atomic E-state index is 0.164. The second-order valence-corrected chi connectivity index (χ2v) is 7.41. The fraction of sp³-hybridized carbons (Fsp3) is 0.304. The first kappa shape index (κ1) is 20.1. The summed E-state index contributed by atoms with van der Waals surface area (Å²) in [6.07, 6.45) is 0. The molecule has 2 aromatic carbocycles. The number of nitrogens with one attached hydrogen (secondary N) is 1. The number of amides is 3. The van der Waals surface area contributed by atoms with Gasteiger partial charge in [-0.1, -0.05) is 42.5 Å². The summed E-state index contributed by atoms with van der Waals surface area (Å²) >= 11 is 0. The third kappa shape index (κ3) is 4.07. The fourth-order valence-corrected chi connectivity index (χ4v) is 3.89. The molecule has 2 aliphatic rings. The lowest BCUT2D eigenvalue weighted by atomic mass is 9.93. The third-order valence-electron chi connectivity index (χ3n) is 5.49. The number of hydrogen-bond acceptors (Lipinski definition) is 3. The molecule has 3 amide bonds. The van der Waals surface area contributed by atoms with Gasteiger partial charge in [0.2, 0.25) is 0 Å². The summed E-state index contributed by atoms with van der Waals surface area (Å²) < 4.78 is 19.3. The summed E-state index contributed by atoms with van der Waals surface area (Å²) in [6.45, 7) is 4.04. The lowest BCUT2D eigenvalue weighted by Gasteiger charge is -2.38. The monoisotopic (exact) mass is 409 g/mol. The fourth-order valence-electron chi connectivity index (χ4n) is 3.89. The smallest absolute Gasteiger partial charge is 0.322 e. The summed E-state index contributed by atoms with van der Waals surface area (Å²) in [7, 11) is 0. The van der Waals surface area contributed by atoms with Crippen LogP contribution < -0.4 is 5.32 Å². The van der Waals surface area contributed by atoms with Crippen molar-refractivity contribution in [3.8, 4) is 0 Å². The molecule has 156 valence electrons. The predicted molar refractivity (Wildman–Crippen MR) is 110 cm³/mol. The Morgan fingerprint density at radius 1 is 1.13 bits per heavy atom. The van der Waals surface area contributed by atoms with Gasteiger partial charge in [0.15, 0.2) is 0 Å². The van der Waals surface area contributed by atoms with Crippen molar-refractivity contribution in [3.05, 3.63) is 82.8 Å². The van der Waals surface area contributed by atoms with E-state index >= 15 is 0 Å². The quantitative estimate of drug-likeness (QED) is 0.844. The van der Waals surface area contributed by atoms with Crippen molar-refractivity contribution in [1.82, 2.24) is 15.1 Å². The van der Waals surface area contributed by atoms with Crippen molar-refractivity contribution in [1.29, 1.82) is 0 Å². The van der Waals surface area contributed by atoms with Crippen LogP contribution in [-0.2, 0) is 16.1 Å². The van der Waals surface area contributed by atoms with Crippen LogP contribution in [0.3, 0.4) is 0 Å². The first-order chi connectivity index (χ1) is 14.5. The Morgan fingerprint density at radius 3 is 2.57 bits per heavy atom. The van der Waals surface area contributed by atoms with Crippen LogP contribution in [-0.4, -0.2) is 48.0 Å². The van der Waals surface area contributed by atoms with Crippen LogP contribution >= 0.6 is 0 Å². The van der Waals surface area contributed by atoms with Crippen LogP contribution in [0.5, 0.6) is 0 Å². The van der Waals surface area contributed by atoms with Crippen molar-refractivity contribution in [2.24, 2.45) is 0 Å². The first-order valence-corrected chi connectivity index (χ1v) is 10.00. The van der Waals surface area contributed by atoms with Crippen LogP contribution in [0.25, 0.3) is 0 Å². The Labute approximate surface area is 174 Å². The van der Waals surface area contributed by atoms with Crippen molar-refractivity contribution >= 4 is 11.9 Å². The molecule has 4 rings (SSSR count). The molecule has 1 fully saturated rings. The molecule has 1 unspecified atom stereocenters. The predicted octanol–water partition coefficient (Wildman–Crippen LogP) is 3.23. The van der Waals surface area contributed by atoms with Crippen LogP contribution in [0.15, 0.2) is 65.9 Å². The molecule has 0 aliphatic carbocycles. The molecule has 0 spiro atoms.